The number of ether oxygens (including phenoxy) is 2. The van der Waals surface area contributed by atoms with E-state index in [1.54, 1.807) is 12.1 Å². The maximum atomic E-state index is 12.7. The molecular weight excluding hydrogens is 370 g/mol. The summed E-state index contributed by atoms with van der Waals surface area (Å²) in [5, 5.41) is 0. The first-order chi connectivity index (χ1) is 12.8. The van der Waals surface area contributed by atoms with E-state index in [0.717, 1.165) is 25.7 Å². The van der Waals surface area contributed by atoms with E-state index in [4.69, 9.17) is 9.47 Å². The summed E-state index contributed by atoms with van der Waals surface area (Å²) >= 11 is 0. The van der Waals surface area contributed by atoms with Crippen LogP contribution in [0.5, 0.6) is 5.88 Å². The topological polar surface area (TPSA) is 97.8 Å². The molecule has 2 fully saturated rings. The minimum absolute atomic E-state index is 0.0360. The summed E-state index contributed by atoms with van der Waals surface area (Å²) in [6.07, 6.45) is 5.91. The lowest BCUT2D eigenvalue weighted by molar-refractivity contribution is -0.122. The van der Waals surface area contributed by atoms with Crippen molar-refractivity contribution in [2.75, 3.05) is 39.6 Å². The standard InChI is InChI=1S/C18H27N3O5S/c1-25-16-4-3-15(13-19-16)17(22)21-8-6-18(7-9-21)11-14(5-10-26-18)12-20-27(2,23)24/h3-4,13-14,20H,5-12H2,1-2H3. The van der Waals surface area contributed by atoms with Gasteiger partial charge in [0.05, 0.1) is 24.5 Å². The van der Waals surface area contributed by atoms with E-state index in [9.17, 15) is 13.2 Å². The van der Waals surface area contributed by atoms with Crippen LogP contribution in [0.2, 0.25) is 0 Å². The summed E-state index contributed by atoms with van der Waals surface area (Å²) < 4.78 is 36.4. The molecule has 1 aromatic heterocycles. The van der Waals surface area contributed by atoms with Crippen molar-refractivity contribution < 1.29 is 22.7 Å². The van der Waals surface area contributed by atoms with Crippen molar-refractivity contribution in [3.05, 3.63) is 23.9 Å². The Kier molecular flexibility index (Phi) is 6.02. The molecule has 1 N–H and O–H groups in total. The van der Waals surface area contributed by atoms with Crippen molar-refractivity contribution in [1.82, 2.24) is 14.6 Å². The van der Waals surface area contributed by atoms with Crippen LogP contribution in [0.15, 0.2) is 18.3 Å². The van der Waals surface area contributed by atoms with Crippen molar-refractivity contribution in [1.29, 1.82) is 0 Å². The second-order valence-corrected chi connectivity index (χ2v) is 9.23. The maximum absolute atomic E-state index is 12.7. The van der Waals surface area contributed by atoms with Gasteiger partial charge in [0.25, 0.3) is 5.91 Å². The van der Waals surface area contributed by atoms with Gasteiger partial charge in [0.1, 0.15) is 0 Å². The monoisotopic (exact) mass is 397 g/mol. The van der Waals surface area contributed by atoms with Crippen molar-refractivity contribution in [3.8, 4) is 5.88 Å². The van der Waals surface area contributed by atoms with E-state index in [0.29, 0.717) is 37.7 Å². The molecule has 8 nitrogen and oxygen atoms in total. The number of carbonyl (C=O) groups is 1. The van der Waals surface area contributed by atoms with Crippen molar-refractivity contribution in [2.24, 2.45) is 5.92 Å². The zero-order chi connectivity index (χ0) is 19.5. The molecule has 0 aliphatic carbocycles. The predicted molar refractivity (Wildman–Crippen MR) is 100 cm³/mol. The van der Waals surface area contributed by atoms with Gasteiger partial charge in [-0.2, -0.15) is 0 Å². The van der Waals surface area contributed by atoms with Gasteiger partial charge in [0.2, 0.25) is 15.9 Å². The SMILES string of the molecule is COc1ccc(C(=O)N2CCC3(CC2)CC(CNS(C)(=O)=O)CCO3)cn1. The molecule has 2 saturated heterocycles. The van der Waals surface area contributed by atoms with Gasteiger partial charge in [-0.15, -0.1) is 0 Å². The first-order valence-corrected chi connectivity index (χ1v) is 11.1. The summed E-state index contributed by atoms with van der Waals surface area (Å²) in [6, 6.07) is 3.41. The molecule has 0 radical (unpaired) electrons. The van der Waals surface area contributed by atoms with Crippen LogP contribution < -0.4 is 9.46 Å². The summed E-state index contributed by atoms with van der Waals surface area (Å²) in [5.41, 5.74) is 0.295. The van der Waals surface area contributed by atoms with Crippen molar-refractivity contribution in [3.63, 3.8) is 0 Å². The van der Waals surface area contributed by atoms with Crippen LogP contribution in [0.4, 0.5) is 0 Å². The molecule has 150 valence electrons. The molecular formula is C18H27N3O5S. The lowest BCUT2D eigenvalue weighted by atomic mass is 9.79. The molecule has 27 heavy (non-hydrogen) atoms. The molecule has 1 spiro atoms. The lowest BCUT2D eigenvalue weighted by Crippen LogP contribution is -2.51. The molecule has 1 unspecified atom stereocenters. The summed E-state index contributed by atoms with van der Waals surface area (Å²) in [5.74, 6) is 0.709. The zero-order valence-corrected chi connectivity index (χ0v) is 16.6. The van der Waals surface area contributed by atoms with Gasteiger partial charge in [-0.1, -0.05) is 0 Å². The fraction of sp³-hybridized carbons (Fsp3) is 0.667. The number of aromatic nitrogens is 1. The number of rotatable bonds is 5. The first kappa shape index (κ1) is 20.0. The van der Waals surface area contributed by atoms with Gasteiger partial charge in [-0.05, 0) is 37.7 Å². The van der Waals surface area contributed by atoms with E-state index < -0.39 is 10.0 Å². The highest BCUT2D eigenvalue weighted by Gasteiger charge is 2.41. The number of methoxy groups -OCH3 is 1. The van der Waals surface area contributed by atoms with Gasteiger partial charge < -0.3 is 14.4 Å². The molecule has 1 amide bonds. The number of nitrogens with zero attached hydrogens (tertiary/aromatic N) is 2. The number of hydrogen-bond acceptors (Lipinski definition) is 6. The van der Waals surface area contributed by atoms with Gasteiger partial charge in [-0.25, -0.2) is 18.1 Å². The molecule has 1 atom stereocenters. The third kappa shape index (κ3) is 5.18. The van der Waals surface area contributed by atoms with Gasteiger partial charge in [-0.3, -0.25) is 4.79 Å². The van der Waals surface area contributed by atoms with Gasteiger partial charge in [0, 0.05) is 38.5 Å². The number of hydrogen-bond donors (Lipinski definition) is 1. The van der Waals surface area contributed by atoms with E-state index >= 15 is 0 Å². The summed E-state index contributed by atoms with van der Waals surface area (Å²) in [7, 11) is -1.64. The molecule has 0 aromatic carbocycles. The molecule has 3 heterocycles. The second-order valence-electron chi connectivity index (χ2n) is 7.39. The number of piperidine rings is 1. The van der Waals surface area contributed by atoms with Gasteiger partial charge >= 0.3 is 0 Å². The fourth-order valence-corrected chi connectivity index (χ4v) is 4.39. The summed E-state index contributed by atoms with van der Waals surface area (Å²) in [4.78, 5) is 18.6. The zero-order valence-electron chi connectivity index (χ0n) is 15.8. The normalized spacial score (nSPS) is 22.6. The number of likely N-dealkylation sites (tertiary alicyclic amines) is 1. The Morgan fingerprint density at radius 1 is 1.41 bits per heavy atom. The maximum Gasteiger partial charge on any atom is 0.255 e. The number of pyridine rings is 1. The van der Waals surface area contributed by atoms with Crippen LogP contribution >= 0.6 is 0 Å². The Morgan fingerprint density at radius 3 is 2.74 bits per heavy atom. The van der Waals surface area contributed by atoms with E-state index in [1.165, 1.54) is 19.6 Å². The molecule has 1 aromatic rings. The molecule has 9 heteroatoms. The smallest absolute Gasteiger partial charge is 0.255 e. The highest BCUT2D eigenvalue weighted by molar-refractivity contribution is 7.88. The molecule has 2 aliphatic heterocycles. The Balaban J connectivity index is 1.56. The van der Waals surface area contributed by atoms with Crippen LogP contribution in [0.25, 0.3) is 0 Å². The average molecular weight is 397 g/mol. The van der Waals surface area contributed by atoms with E-state index in [2.05, 4.69) is 9.71 Å². The highest BCUT2D eigenvalue weighted by Crippen LogP contribution is 2.37. The lowest BCUT2D eigenvalue weighted by Gasteiger charge is -2.46. The van der Waals surface area contributed by atoms with Crippen LogP contribution in [0.3, 0.4) is 0 Å². The summed E-state index contributed by atoms with van der Waals surface area (Å²) in [6.45, 7) is 2.32. The Bertz CT molecular complexity index is 758. The predicted octanol–water partition coefficient (Wildman–Crippen LogP) is 1.04. The van der Waals surface area contributed by atoms with Crippen molar-refractivity contribution in [2.45, 2.75) is 31.3 Å². The van der Waals surface area contributed by atoms with Crippen LogP contribution in [0, 0.1) is 5.92 Å². The number of carbonyl (C=O) groups excluding carboxylic acids is 1. The van der Waals surface area contributed by atoms with E-state index in [-0.39, 0.29) is 17.4 Å². The Morgan fingerprint density at radius 2 is 2.15 bits per heavy atom. The average Bonchev–Trinajstić information content (AvgIpc) is 2.66. The number of nitrogens with one attached hydrogen (secondary N) is 1. The quantitative estimate of drug-likeness (QED) is 0.797. The Hall–Kier alpha value is -1.71. The van der Waals surface area contributed by atoms with Crippen LogP contribution in [-0.2, 0) is 14.8 Å². The minimum atomic E-state index is -3.18. The van der Waals surface area contributed by atoms with Crippen LogP contribution in [0.1, 0.15) is 36.0 Å². The largest absolute Gasteiger partial charge is 0.481 e. The van der Waals surface area contributed by atoms with Crippen LogP contribution in [-0.4, -0.2) is 69.4 Å². The minimum Gasteiger partial charge on any atom is -0.481 e. The second kappa shape index (κ2) is 8.12. The number of sulfonamides is 1. The van der Waals surface area contributed by atoms with E-state index in [1.807, 2.05) is 4.90 Å². The van der Waals surface area contributed by atoms with Crippen molar-refractivity contribution >= 4 is 15.9 Å². The molecule has 0 bridgehead atoms. The third-order valence-corrected chi connectivity index (χ3v) is 6.07. The first-order valence-electron chi connectivity index (χ1n) is 9.18. The molecule has 3 rings (SSSR count). The third-order valence-electron chi connectivity index (χ3n) is 5.38. The fourth-order valence-electron chi connectivity index (χ4n) is 3.85. The van der Waals surface area contributed by atoms with Gasteiger partial charge in [0.15, 0.2) is 0 Å². The molecule has 2 aliphatic rings. The Labute approximate surface area is 160 Å². The number of amides is 1. The highest BCUT2D eigenvalue weighted by atomic mass is 32.2. The molecule has 0 saturated carbocycles.